The molecular weight excluding hydrogens is 238 g/mol. The first-order chi connectivity index (χ1) is 8.09. The van der Waals surface area contributed by atoms with Crippen LogP contribution in [0.3, 0.4) is 0 Å². The lowest BCUT2D eigenvalue weighted by atomic mass is 9.78. The molecule has 2 unspecified atom stereocenters. The molecule has 0 aromatic carbocycles. The van der Waals surface area contributed by atoms with Gasteiger partial charge in [0.1, 0.15) is 5.15 Å². The summed E-state index contributed by atoms with van der Waals surface area (Å²) in [6, 6.07) is 3.60. The average Bonchev–Trinajstić information content (AvgIpc) is 2.90. The molecule has 2 fully saturated rings. The third-order valence-corrected chi connectivity index (χ3v) is 4.38. The highest BCUT2D eigenvalue weighted by atomic mass is 35.5. The SMILES string of the molecule is O=C(O)C1(Cc2ccc(Cl)nc2)CC2CC2C1. The average molecular weight is 252 g/mol. The van der Waals surface area contributed by atoms with E-state index in [1.165, 1.54) is 6.42 Å². The van der Waals surface area contributed by atoms with Crippen molar-refractivity contribution >= 4 is 17.6 Å². The first-order valence-electron chi connectivity index (χ1n) is 5.93. The van der Waals surface area contributed by atoms with Crippen LogP contribution in [0.1, 0.15) is 24.8 Å². The number of carbonyl (C=O) groups is 1. The van der Waals surface area contributed by atoms with E-state index in [1.54, 1.807) is 12.3 Å². The Morgan fingerprint density at radius 2 is 2.18 bits per heavy atom. The number of carboxylic acids is 1. The summed E-state index contributed by atoms with van der Waals surface area (Å²) in [4.78, 5) is 15.5. The Bertz CT molecular complexity index is 447. The Morgan fingerprint density at radius 1 is 1.47 bits per heavy atom. The number of hydrogen-bond donors (Lipinski definition) is 1. The number of carboxylic acid groups (broad SMARTS) is 1. The Hall–Kier alpha value is -1.09. The number of rotatable bonds is 3. The molecule has 1 aromatic rings. The van der Waals surface area contributed by atoms with Gasteiger partial charge in [0.15, 0.2) is 0 Å². The van der Waals surface area contributed by atoms with Crippen LogP contribution in [-0.4, -0.2) is 16.1 Å². The van der Waals surface area contributed by atoms with Gasteiger partial charge in [-0.25, -0.2) is 4.98 Å². The fourth-order valence-electron chi connectivity index (χ4n) is 3.19. The standard InChI is InChI=1S/C13H14ClNO2/c14-11-2-1-8(7-15-11)4-13(12(16)17)5-9-3-10(9)6-13/h1-2,7,9-10H,3-6H2,(H,16,17). The van der Waals surface area contributed by atoms with E-state index >= 15 is 0 Å². The van der Waals surface area contributed by atoms with Crippen LogP contribution in [-0.2, 0) is 11.2 Å². The van der Waals surface area contributed by atoms with Gasteiger partial charge in [0, 0.05) is 6.20 Å². The highest BCUT2D eigenvalue weighted by Gasteiger charge is 2.57. The van der Waals surface area contributed by atoms with Crippen LogP contribution in [0.15, 0.2) is 18.3 Å². The van der Waals surface area contributed by atoms with Gasteiger partial charge in [-0.2, -0.15) is 0 Å². The van der Waals surface area contributed by atoms with E-state index in [0.717, 1.165) is 18.4 Å². The maximum absolute atomic E-state index is 11.5. The maximum Gasteiger partial charge on any atom is 0.309 e. The zero-order valence-electron chi connectivity index (χ0n) is 9.40. The van der Waals surface area contributed by atoms with Crippen LogP contribution >= 0.6 is 11.6 Å². The van der Waals surface area contributed by atoms with Gasteiger partial charge in [0.25, 0.3) is 0 Å². The highest BCUT2D eigenvalue weighted by molar-refractivity contribution is 6.29. The number of aliphatic carboxylic acids is 1. The summed E-state index contributed by atoms with van der Waals surface area (Å²) < 4.78 is 0. The van der Waals surface area contributed by atoms with Crippen molar-refractivity contribution in [2.75, 3.05) is 0 Å². The molecule has 0 spiro atoms. The smallest absolute Gasteiger partial charge is 0.309 e. The van der Waals surface area contributed by atoms with Gasteiger partial charge in [0.2, 0.25) is 0 Å². The van der Waals surface area contributed by atoms with Crippen molar-refractivity contribution in [3.8, 4) is 0 Å². The summed E-state index contributed by atoms with van der Waals surface area (Å²) >= 11 is 5.73. The highest BCUT2D eigenvalue weighted by Crippen LogP contribution is 2.60. The van der Waals surface area contributed by atoms with Gasteiger partial charge < -0.3 is 5.11 Å². The van der Waals surface area contributed by atoms with Crippen LogP contribution in [0, 0.1) is 17.3 Å². The number of fused-ring (bicyclic) bond motifs is 1. The molecule has 2 aliphatic rings. The third-order valence-electron chi connectivity index (χ3n) is 4.16. The summed E-state index contributed by atoms with van der Waals surface area (Å²) in [5.74, 6) is 0.664. The van der Waals surface area contributed by atoms with Gasteiger partial charge in [-0.05, 0) is 49.1 Å². The van der Waals surface area contributed by atoms with Gasteiger partial charge >= 0.3 is 5.97 Å². The number of aromatic nitrogens is 1. The van der Waals surface area contributed by atoms with Crippen molar-refractivity contribution < 1.29 is 9.90 Å². The maximum atomic E-state index is 11.5. The van der Waals surface area contributed by atoms with Crippen molar-refractivity contribution in [2.24, 2.45) is 17.3 Å². The zero-order valence-corrected chi connectivity index (χ0v) is 10.2. The fourth-order valence-corrected chi connectivity index (χ4v) is 3.31. The molecule has 2 atom stereocenters. The molecule has 4 heteroatoms. The number of halogens is 1. The molecule has 90 valence electrons. The second-order valence-electron chi connectivity index (χ2n) is 5.42. The molecule has 0 amide bonds. The first kappa shape index (κ1) is 11.0. The van der Waals surface area contributed by atoms with E-state index in [4.69, 9.17) is 11.6 Å². The summed E-state index contributed by atoms with van der Waals surface area (Å²) in [7, 11) is 0. The molecule has 1 heterocycles. The van der Waals surface area contributed by atoms with Crippen LogP contribution in [0.2, 0.25) is 5.15 Å². The molecule has 1 aromatic heterocycles. The van der Waals surface area contributed by atoms with Gasteiger partial charge in [-0.3, -0.25) is 4.79 Å². The molecule has 17 heavy (non-hydrogen) atoms. The molecular formula is C13H14ClNO2. The van der Waals surface area contributed by atoms with Crippen LogP contribution < -0.4 is 0 Å². The normalized spacial score (nSPS) is 34.4. The molecule has 0 aliphatic heterocycles. The zero-order chi connectivity index (χ0) is 12.0. The Kier molecular flexibility index (Phi) is 2.40. The minimum atomic E-state index is -0.653. The number of hydrogen-bond acceptors (Lipinski definition) is 2. The van der Waals surface area contributed by atoms with Gasteiger partial charge in [-0.1, -0.05) is 17.7 Å². The first-order valence-corrected chi connectivity index (χ1v) is 6.31. The lowest BCUT2D eigenvalue weighted by Crippen LogP contribution is -2.31. The molecule has 3 rings (SSSR count). The summed E-state index contributed by atoms with van der Waals surface area (Å²) in [6.07, 6.45) is 5.16. The van der Waals surface area contributed by atoms with Crippen LogP contribution in [0.4, 0.5) is 0 Å². The molecule has 3 nitrogen and oxygen atoms in total. The number of pyridine rings is 1. The molecule has 0 saturated heterocycles. The van der Waals surface area contributed by atoms with E-state index in [9.17, 15) is 9.90 Å². The third kappa shape index (κ3) is 1.93. The van der Waals surface area contributed by atoms with Crippen molar-refractivity contribution in [2.45, 2.75) is 25.7 Å². The van der Waals surface area contributed by atoms with Crippen molar-refractivity contribution in [3.05, 3.63) is 29.0 Å². The second kappa shape index (κ2) is 3.70. The Morgan fingerprint density at radius 3 is 2.71 bits per heavy atom. The largest absolute Gasteiger partial charge is 0.481 e. The van der Waals surface area contributed by atoms with E-state index in [1.807, 2.05) is 6.07 Å². The van der Waals surface area contributed by atoms with Crippen LogP contribution in [0.25, 0.3) is 0 Å². The molecule has 0 bridgehead atoms. The van der Waals surface area contributed by atoms with Crippen molar-refractivity contribution in [1.29, 1.82) is 0 Å². The predicted molar refractivity (Wildman–Crippen MR) is 63.9 cm³/mol. The predicted octanol–water partition coefficient (Wildman–Crippen LogP) is 2.78. The number of nitrogens with zero attached hydrogens (tertiary/aromatic N) is 1. The molecule has 1 N–H and O–H groups in total. The summed E-state index contributed by atoms with van der Waals surface area (Å²) in [6.45, 7) is 0. The summed E-state index contributed by atoms with van der Waals surface area (Å²) in [5.41, 5.74) is 0.418. The van der Waals surface area contributed by atoms with Crippen LogP contribution in [0.5, 0.6) is 0 Å². The van der Waals surface area contributed by atoms with E-state index in [-0.39, 0.29) is 0 Å². The van der Waals surface area contributed by atoms with Gasteiger partial charge in [-0.15, -0.1) is 0 Å². The monoisotopic (exact) mass is 251 g/mol. The Balaban J connectivity index is 1.81. The Labute approximate surface area is 105 Å². The summed E-state index contributed by atoms with van der Waals surface area (Å²) in [5, 5.41) is 9.92. The fraction of sp³-hybridized carbons (Fsp3) is 0.538. The topological polar surface area (TPSA) is 50.2 Å². The molecule has 0 radical (unpaired) electrons. The molecule has 2 aliphatic carbocycles. The van der Waals surface area contributed by atoms with E-state index in [0.29, 0.717) is 23.4 Å². The van der Waals surface area contributed by atoms with Gasteiger partial charge in [0.05, 0.1) is 5.41 Å². The van der Waals surface area contributed by atoms with E-state index < -0.39 is 11.4 Å². The molecule has 2 saturated carbocycles. The lowest BCUT2D eigenvalue weighted by molar-refractivity contribution is -0.149. The quantitative estimate of drug-likeness (QED) is 0.841. The second-order valence-corrected chi connectivity index (χ2v) is 5.80. The minimum absolute atomic E-state index is 0.451. The van der Waals surface area contributed by atoms with Crippen molar-refractivity contribution in [1.82, 2.24) is 4.98 Å². The van der Waals surface area contributed by atoms with E-state index in [2.05, 4.69) is 4.98 Å². The lowest BCUT2D eigenvalue weighted by Gasteiger charge is -2.25. The minimum Gasteiger partial charge on any atom is -0.481 e. The van der Waals surface area contributed by atoms with Crippen molar-refractivity contribution in [3.63, 3.8) is 0 Å².